The Hall–Kier alpha value is -1.36. The minimum absolute atomic E-state index is 0.0297. The molecule has 1 N–H and O–H groups in total. The zero-order valence-corrected chi connectivity index (χ0v) is 13.1. The number of likely N-dealkylation sites (tertiary alicyclic amines) is 1. The van der Waals surface area contributed by atoms with Crippen LogP contribution in [-0.2, 0) is 7.05 Å². The Morgan fingerprint density at radius 3 is 2.50 bits per heavy atom. The van der Waals surface area contributed by atoms with E-state index in [4.69, 9.17) is 0 Å². The van der Waals surface area contributed by atoms with Crippen LogP contribution in [0.2, 0.25) is 0 Å². The second kappa shape index (κ2) is 6.39. The molecule has 1 aliphatic heterocycles. The Bertz CT molecular complexity index is 472. The molecule has 2 rings (SSSR count). The smallest absolute Gasteiger partial charge is 0.255 e. The van der Waals surface area contributed by atoms with Gasteiger partial charge in [-0.25, -0.2) is 0 Å². The Morgan fingerprint density at radius 1 is 1.35 bits per heavy atom. The number of aryl methyl sites for hydroxylation is 2. The van der Waals surface area contributed by atoms with Gasteiger partial charge >= 0.3 is 0 Å². The summed E-state index contributed by atoms with van der Waals surface area (Å²) in [5, 5.41) is 7.48. The lowest BCUT2D eigenvalue weighted by molar-refractivity contribution is 0.0910. The summed E-state index contributed by atoms with van der Waals surface area (Å²) in [5.74, 6) is 0.0297. The lowest BCUT2D eigenvalue weighted by Crippen LogP contribution is -2.45. The number of carbonyl (C=O) groups is 1. The van der Waals surface area contributed by atoms with Crippen molar-refractivity contribution in [1.29, 1.82) is 0 Å². The molecular formula is C15H26N4O. The normalized spacial score (nSPS) is 17.4. The van der Waals surface area contributed by atoms with E-state index in [1.54, 1.807) is 4.68 Å². The number of amides is 1. The summed E-state index contributed by atoms with van der Waals surface area (Å²) in [4.78, 5) is 14.9. The molecule has 1 aliphatic rings. The summed E-state index contributed by atoms with van der Waals surface area (Å²) in [6, 6.07) is 0.301. The molecule has 0 radical (unpaired) electrons. The van der Waals surface area contributed by atoms with E-state index in [0.717, 1.165) is 42.9 Å². The number of piperidine rings is 1. The summed E-state index contributed by atoms with van der Waals surface area (Å²) in [6.07, 6.45) is 3.29. The van der Waals surface area contributed by atoms with Crippen LogP contribution >= 0.6 is 0 Å². The van der Waals surface area contributed by atoms with Gasteiger partial charge in [0.2, 0.25) is 0 Å². The lowest BCUT2D eigenvalue weighted by atomic mass is 10.0. The maximum atomic E-state index is 12.4. The van der Waals surface area contributed by atoms with Gasteiger partial charge < -0.3 is 10.2 Å². The summed E-state index contributed by atoms with van der Waals surface area (Å²) in [5.41, 5.74) is 2.48. The molecule has 1 aromatic rings. The third kappa shape index (κ3) is 3.20. The van der Waals surface area contributed by atoms with Crippen molar-refractivity contribution in [3.05, 3.63) is 17.0 Å². The second-order valence-electron chi connectivity index (χ2n) is 5.76. The molecule has 5 nitrogen and oxygen atoms in total. The van der Waals surface area contributed by atoms with Gasteiger partial charge in [-0.2, -0.15) is 5.10 Å². The SMILES string of the molecule is CCCN1CCC(NC(=O)c2c(C)nn(C)c2C)CC1. The molecule has 0 aromatic carbocycles. The number of rotatable bonds is 4. The summed E-state index contributed by atoms with van der Waals surface area (Å²) >= 11 is 0. The van der Waals surface area contributed by atoms with E-state index >= 15 is 0 Å². The highest BCUT2D eigenvalue weighted by Crippen LogP contribution is 2.15. The molecule has 0 spiro atoms. The largest absolute Gasteiger partial charge is 0.349 e. The van der Waals surface area contributed by atoms with E-state index in [1.807, 2.05) is 20.9 Å². The molecule has 1 saturated heterocycles. The number of nitrogens with zero attached hydrogens (tertiary/aromatic N) is 3. The van der Waals surface area contributed by atoms with Gasteiger partial charge in [0, 0.05) is 31.9 Å². The van der Waals surface area contributed by atoms with E-state index in [1.165, 1.54) is 13.0 Å². The molecule has 1 fully saturated rings. The molecule has 20 heavy (non-hydrogen) atoms. The van der Waals surface area contributed by atoms with Gasteiger partial charge in [0.25, 0.3) is 5.91 Å². The number of nitrogens with one attached hydrogen (secondary N) is 1. The molecule has 1 aromatic heterocycles. The van der Waals surface area contributed by atoms with Gasteiger partial charge in [0.1, 0.15) is 0 Å². The van der Waals surface area contributed by atoms with E-state index in [0.29, 0.717) is 6.04 Å². The first-order valence-electron chi connectivity index (χ1n) is 7.56. The molecule has 0 bridgehead atoms. The zero-order chi connectivity index (χ0) is 14.7. The molecule has 0 saturated carbocycles. The quantitative estimate of drug-likeness (QED) is 0.911. The maximum Gasteiger partial charge on any atom is 0.255 e. The van der Waals surface area contributed by atoms with Crippen molar-refractivity contribution in [3.8, 4) is 0 Å². The number of aromatic nitrogens is 2. The van der Waals surface area contributed by atoms with Crippen molar-refractivity contribution in [2.45, 2.75) is 46.1 Å². The predicted octanol–water partition coefficient (Wildman–Crippen LogP) is 1.64. The average Bonchev–Trinajstić information content (AvgIpc) is 2.66. The van der Waals surface area contributed by atoms with E-state index in [9.17, 15) is 4.79 Å². The molecular weight excluding hydrogens is 252 g/mol. The van der Waals surface area contributed by atoms with Crippen LogP contribution < -0.4 is 5.32 Å². The average molecular weight is 278 g/mol. The molecule has 5 heteroatoms. The van der Waals surface area contributed by atoms with Crippen molar-refractivity contribution in [2.75, 3.05) is 19.6 Å². The van der Waals surface area contributed by atoms with Gasteiger partial charge in [0.15, 0.2) is 0 Å². The van der Waals surface area contributed by atoms with Gasteiger partial charge in [-0.15, -0.1) is 0 Å². The maximum absolute atomic E-state index is 12.4. The van der Waals surface area contributed by atoms with Crippen LogP contribution in [0.25, 0.3) is 0 Å². The van der Waals surface area contributed by atoms with Crippen molar-refractivity contribution >= 4 is 5.91 Å². The lowest BCUT2D eigenvalue weighted by Gasteiger charge is -2.32. The highest BCUT2D eigenvalue weighted by atomic mass is 16.1. The van der Waals surface area contributed by atoms with Gasteiger partial charge in [-0.3, -0.25) is 9.48 Å². The third-order valence-electron chi connectivity index (χ3n) is 4.20. The first kappa shape index (κ1) is 15.0. The number of carbonyl (C=O) groups excluding carboxylic acids is 1. The van der Waals surface area contributed by atoms with Crippen LogP contribution in [0.15, 0.2) is 0 Å². The van der Waals surface area contributed by atoms with Crippen molar-refractivity contribution in [3.63, 3.8) is 0 Å². The van der Waals surface area contributed by atoms with Crippen LogP contribution in [-0.4, -0.2) is 46.3 Å². The van der Waals surface area contributed by atoms with Gasteiger partial charge in [0.05, 0.1) is 11.3 Å². The molecule has 0 unspecified atom stereocenters. The number of hydrogen-bond donors (Lipinski definition) is 1. The first-order valence-corrected chi connectivity index (χ1v) is 7.56. The minimum Gasteiger partial charge on any atom is -0.349 e. The molecule has 0 atom stereocenters. The van der Waals surface area contributed by atoms with E-state index in [2.05, 4.69) is 22.2 Å². The van der Waals surface area contributed by atoms with Crippen LogP contribution in [0, 0.1) is 13.8 Å². The van der Waals surface area contributed by atoms with Crippen LogP contribution in [0.5, 0.6) is 0 Å². The Morgan fingerprint density at radius 2 is 2.00 bits per heavy atom. The summed E-state index contributed by atoms with van der Waals surface area (Å²) < 4.78 is 1.77. The van der Waals surface area contributed by atoms with Crippen molar-refractivity contribution in [1.82, 2.24) is 20.0 Å². The monoisotopic (exact) mass is 278 g/mol. The molecule has 2 heterocycles. The minimum atomic E-state index is 0.0297. The predicted molar refractivity (Wildman–Crippen MR) is 79.9 cm³/mol. The highest BCUT2D eigenvalue weighted by molar-refractivity contribution is 5.96. The van der Waals surface area contributed by atoms with E-state index in [-0.39, 0.29) is 5.91 Å². The van der Waals surface area contributed by atoms with Crippen molar-refractivity contribution < 1.29 is 4.79 Å². The highest BCUT2D eigenvalue weighted by Gasteiger charge is 2.23. The Kier molecular flexibility index (Phi) is 4.81. The summed E-state index contributed by atoms with van der Waals surface area (Å²) in [7, 11) is 1.88. The van der Waals surface area contributed by atoms with Gasteiger partial charge in [-0.1, -0.05) is 6.92 Å². The fraction of sp³-hybridized carbons (Fsp3) is 0.733. The Labute approximate surface area is 121 Å². The summed E-state index contributed by atoms with van der Waals surface area (Å²) in [6.45, 7) is 9.39. The van der Waals surface area contributed by atoms with Crippen molar-refractivity contribution in [2.24, 2.45) is 7.05 Å². The number of hydrogen-bond acceptors (Lipinski definition) is 3. The van der Waals surface area contributed by atoms with Crippen LogP contribution in [0.1, 0.15) is 47.9 Å². The third-order valence-corrected chi connectivity index (χ3v) is 4.20. The molecule has 112 valence electrons. The zero-order valence-electron chi connectivity index (χ0n) is 13.1. The topological polar surface area (TPSA) is 50.2 Å². The van der Waals surface area contributed by atoms with E-state index < -0.39 is 0 Å². The standard InChI is InChI=1S/C15H26N4O/c1-5-8-19-9-6-13(7-10-19)16-15(20)14-11(2)17-18(4)12(14)3/h13H,5-10H2,1-4H3,(H,16,20). The second-order valence-corrected chi connectivity index (χ2v) is 5.76. The fourth-order valence-electron chi connectivity index (χ4n) is 2.98. The molecule has 1 amide bonds. The van der Waals surface area contributed by atoms with Gasteiger partial charge in [-0.05, 0) is 39.7 Å². The first-order chi connectivity index (χ1) is 9.52. The fourth-order valence-corrected chi connectivity index (χ4v) is 2.98. The van der Waals surface area contributed by atoms with Crippen LogP contribution in [0.3, 0.4) is 0 Å². The molecule has 0 aliphatic carbocycles. The Balaban J connectivity index is 1.93. The van der Waals surface area contributed by atoms with Crippen LogP contribution in [0.4, 0.5) is 0 Å².